The Bertz CT molecular complexity index is 643. The Kier molecular flexibility index (Phi) is 5.84. The van der Waals surface area contributed by atoms with Crippen molar-refractivity contribution in [1.29, 1.82) is 0 Å². The van der Waals surface area contributed by atoms with Gasteiger partial charge >= 0.3 is 0 Å². The van der Waals surface area contributed by atoms with Crippen LogP contribution < -0.4 is 0 Å². The minimum Gasteiger partial charge on any atom is -0.342 e. The maximum Gasteiger partial charge on any atom is 0.274 e. The highest BCUT2D eigenvalue weighted by Crippen LogP contribution is 2.33. The van der Waals surface area contributed by atoms with Crippen molar-refractivity contribution in [3.63, 3.8) is 0 Å². The van der Waals surface area contributed by atoms with Crippen molar-refractivity contribution in [3.05, 3.63) is 16.1 Å². The highest BCUT2D eigenvalue weighted by Gasteiger charge is 2.31. The van der Waals surface area contributed by atoms with Crippen LogP contribution in [0.25, 0.3) is 0 Å². The number of carbonyl (C=O) groups is 2. The van der Waals surface area contributed by atoms with Gasteiger partial charge in [0.2, 0.25) is 5.91 Å². The smallest absolute Gasteiger partial charge is 0.274 e. The molecule has 0 spiro atoms. The Labute approximate surface area is 163 Å². The number of likely N-dealkylation sites (tertiary alicyclic amines) is 1. The second-order valence-electron chi connectivity index (χ2n) is 7.61. The molecule has 2 amide bonds. The molecule has 5 nitrogen and oxygen atoms in total. The van der Waals surface area contributed by atoms with Gasteiger partial charge in [-0.2, -0.15) is 0 Å². The summed E-state index contributed by atoms with van der Waals surface area (Å²) in [6, 6.07) is 0. The van der Waals surface area contributed by atoms with E-state index in [0.29, 0.717) is 17.5 Å². The quantitative estimate of drug-likeness (QED) is 0.788. The number of thioether (sulfide) groups is 1. The van der Waals surface area contributed by atoms with Gasteiger partial charge in [-0.1, -0.05) is 19.3 Å². The maximum atomic E-state index is 12.7. The third kappa shape index (κ3) is 3.93. The zero-order valence-electron chi connectivity index (χ0n) is 15.2. The number of aromatic nitrogens is 1. The largest absolute Gasteiger partial charge is 0.342 e. The molecule has 0 atom stereocenters. The van der Waals surface area contributed by atoms with Crippen molar-refractivity contribution in [2.24, 2.45) is 5.92 Å². The van der Waals surface area contributed by atoms with Crippen LogP contribution in [0.1, 0.15) is 66.4 Å². The fourth-order valence-electron chi connectivity index (χ4n) is 4.26. The summed E-state index contributed by atoms with van der Waals surface area (Å²) < 4.78 is 0. The first-order chi connectivity index (χ1) is 12.7. The van der Waals surface area contributed by atoms with E-state index in [1.165, 1.54) is 19.3 Å². The van der Waals surface area contributed by atoms with Gasteiger partial charge in [0, 0.05) is 42.6 Å². The van der Waals surface area contributed by atoms with Crippen LogP contribution in [0, 0.1) is 5.92 Å². The van der Waals surface area contributed by atoms with Crippen molar-refractivity contribution in [1.82, 2.24) is 14.8 Å². The third-order valence-corrected chi connectivity index (χ3v) is 7.86. The second-order valence-corrected chi connectivity index (χ2v) is 9.58. The Hall–Kier alpha value is -1.08. The zero-order valence-corrected chi connectivity index (χ0v) is 16.8. The molecule has 1 aliphatic carbocycles. The molecule has 0 aromatic carbocycles. The summed E-state index contributed by atoms with van der Waals surface area (Å²) in [4.78, 5) is 33.8. The molecule has 7 heteroatoms. The summed E-state index contributed by atoms with van der Waals surface area (Å²) in [6.07, 6.45) is 7.79. The van der Waals surface area contributed by atoms with E-state index in [2.05, 4.69) is 9.88 Å². The molecule has 3 heterocycles. The summed E-state index contributed by atoms with van der Waals surface area (Å²) in [5.41, 5.74) is 0.605. The number of amides is 2. The number of hydrogen-bond acceptors (Lipinski definition) is 5. The van der Waals surface area contributed by atoms with Gasteiger partial charge in [-0.3, -0.25) is 9.59 Å². The summed E-state index contributed by atoms with van der Waals surface area (Å²) in [5.74, 6) is 2.92. The summed E-state index contributed by atoms with van der Waals surface area (Å²) in [7, 11) is 0. The monoisotopic (exact) mass is 393 g/mol. The lowest BCUT2D eigenvalue weighted by molar-refractivity contribution is -0.137. The van der Waals surface area contributed by atoms with Gasteiger partial charge in [0.15, 0.2) is 0 Å². The highest BCUT2D eigenvalue weighted by molar-refractivity contribution is 7.99. The molecule has 2 aliphatic heterocycles. The van der Waals surface area contributed by atoms with Gasteiger partial charge in [-0.25, -0.2) is 4.98 Å². The van der Waals surface area contributed by atoms with Gasteiger partial charge < -0.3 is 9.80 Å². The fourth-order valence-corrected chi connectivity index (χ4v) is 6.17. The SMILES string of the molecule is O=C(c1csc(C2CCN(C(=O)C3CCCCC3)CC2)n1)N1CCSC1. The normalized spacial score (nSPS) is 22.8. The highest BCUT2D eigenvalue weighted by atomic mass is 32.2. The lowest BCUT2D eigenvalue weighted by Gasteiger charge is -2.34. The van der Waals surface area contributed by atoms with Gasteiger partial charge in [0.25, 0.3) is 5.91 Å². The topological polar surface area (TPSA) is 53.5 Å². The van der Waals surface area contributed by atoms with Crippen molar-refractivity contribution < 1.29 is 9.59 Å². The standard InChI is InChI=1S/C19H27N3O2S2/c23-18(15-4-2-1-3-5-15)21-8-6-14(7-9-21)17-20-16(12-26-17)19(24)22-10-11-25-13-22/h12,14-15H,1-11,13H2. The summed E-state index contributed by atoms with van der Waals surface area (Å²) in [6.45, 7) is 2.51. The Morgan fingerprint density at radius 1 is 1.00 bits per heavy atom. The molecule has 0 bridgehead atoms. The van der Waals surface area contributed by atoms with E-state index < -0.39 is 0 Å². The van der Waals surface area contributed by atoms with Crippen LogP contribution in [0.5, 0.6) is 0 Å². The molecule has 26 heavy (non-hydrogen) atoms. The molecule has 3 fully saturated rings. The molecule has 4 rings (SSSR count). The summed E-state index contributed by atoms with van der Waals surface area (Å²) >= 11 is 3.41. The summed E-state index contributed by atoms with van der Waals surface area (Å²) in [5, 5.41) is 2.99. The molecular weight excluding hydrogens is 366 g/mol. The van der Waals surface area contributed by atoms with E-state index in [9.17, 15) is 9.59 Å². The minimum atomic E-state index is 0.0717. The fraction of sp³-hybridized carbons (Fsp3) is 0.737. The van der Waals surface area contributed by atoms with E-state index in [4.69, 9.17) is 0 Å². The molecule has 142 valence electrons. The second kappa shape index (κ2) is 8.30. The predicted octanol–water partition coefficient (Wildman–Crippen LogP) is 3.58. The number of carbonyl (C=O) groups excluding carboxylic acids is 2. The van der Waals surface area contributed by atoms with E-state index >= 15 is 0 Å². The zero-order chi connectivity index (χ0) is 17.9. The number of thiazole rings is 1. The van der Waals surface area contributed by atoms with Crippen molar-refractivity contribution in [2.45, 2.75) is 50.9 Å². The van der Waals surface area contributed by atoms with Crippen LogP contribution in [0.2, 0.25) is 0 Å². The Morgan fingerprint density at radius 3 is 2.46 bits per heavy atom. The lowest BCUT2D eigenvalue weighted by Crippen LogP contribution is -2.41. The number of hydrogen-bond donors (Lipinski definition) is 0. The van der Waals surface area contributed by atoms with Crippen LogP contribution in [0.4, 0.5) is 0 Å². The van der Waals surface area contributed by atoms with Crippen LogP contribution in [0.15, 0.2) is 5.38 Å². The first-order valence-corrected chi connectivity index (χ1v) is 11.9. The first-order valence-electron chi connectivity index (χ1n) is 9.83. The van der Waals surface area contributed by atoms with Crippen molar-refractivity contribution in [2.75, 3.05) is 31.3 Å². The molecule has 1 aromatic rings. The van der Waals surface area contributed by atoms with Gasteiger partial charge in [0.1, 0.15) is 5.69 Å². The number of rotatable bonds is 3. The van der Waals surface area contributed by atoms with Gasteiger partial charge in [-0.05, 0) is 25.7 Å². The van der Waals surface area contributed by atoms with E-state index in [1.54, 1.807) is 23.1 Å². The first kappa shape index (κ1) is 18.3. The predicted molar refractivity (Wildman–Crippen MR) is 106 cm³/mol. The number of piperidine rings is 1. The molecule has 2 saturated heterocycles. The molecule has 3 aliphatic rings. The van der Waals surface area contributed by atoms with Crippen LogP contribution in [-0.4, -0.2) is 57.9 Å². The molecule has 1 saturated carbocycles. The Balaban J connectivity index is 1.32. The van der Waals surface area contributed by atoms with E-state index in [1.807, 2.05) is 10.3 Å². The lowest BCUT2D eigenvalue weighted by atomic mass is 9.87. The molecule has 1 aromatic heterocycles. The molecule has 0 radical (unpaired) electrons. The van der Waals surface area contributed by atoms with Crippen LogP contribution in [0.3, 0.4) is 0 Å². The van der Waals surface area contributed by atoms with Gasteiger partial charge in [0.05, 0.1) is 10.9 Å². The number of nitrogens with zero attached hydrogens (tertiary/aromatic N) is 3. The van der Waals surface area contributed by atoms with E-state index in [0.717, 1.165) is 62.0 Å². The Morgan fingerprint density at radius 2 is 1.77 bits per heavy atom. The van der Waals surface area contributed by atoms with Crippen molar-refractivity contribution in [3.8, 4) is 0 Å². The van der Waals surface area contributed by atoms with Crippen LogP contribution in [-0.2, 0) is 4.79 Å². The van der Waals surface area contributed by atoms with Gasteiger partial charge in [-0.15, -0.1) is 23.1 Å². The minimum absolute atomic E-state index is 0.0717. The van der Waals surface area contributed by atoms with E-state index in [-0.39, 0.29) is 11.8 Å². The third-order valence-electron chi connectivity index (χ3n) is 5.89. The average Bonchev–Trinajstić information content (AvgIpc) is 3.40. The van der Waals surface area contributed by atoms with Crippen molar-refractivity contribution >= 4 is 34.9 Å². The molecule has 0 unspecified atom stereocenters. The molecule has 0 N–H and O–H groups in total. The maximum absolute atomic E-state index is 12.7. The molecular formula is C19H27N3O2S2. The average molecular weight is 394 g/mol. The van der Waals surface area contributed by atoms with Crippen LogP contribution >= 0.6 is 23.1 Å².